The number of hydrogen-bond acceptors (Lipinski definition) is 2. The van der Waals surface area contributed by atoms with Crippen molar-refractivity contribution in [3.8, 4) is 5.75 Å². The molecule has 0 heterocycles. The van der Waals surface area contributed by atoms with Crippen LogP contribution in [-0.2, 0) is 0 Å². The summed E-state index contributed by atoms with van der Waals surface area (Å²) in [7, 11) is 0. The summed E-state index contributed by atoms with van der Waals surface area (Å²) in [6, 6.07) is 10.1. The van der Waals surface area contributed by atoms with Crippen LogP contribution in [0.2, 0.25) is 10.0 Å². The van der Waals surface area contributed by atoms with E-state index in [4.69, 9.17) is 27.9 Å². The zero-order chi connectivity index (χ0) is 13.8. The Balaban J connectivity index is 2.04. The summed E-state index contributed by atoms with van der Waals surface area (Å²) in [6.45, 7) is -0.208. The third-order valence-electron chi connectivity index (χ3n) is 2.35. The lowest BCUT2D eigenvalue weighted by molar-refractivity contribution is 0.0921. The molecule has 98 valence electrons. The highest BCUT2D eigenvalue weighted by atomic mass is 35.5. The van der Waals surface area contributed by atoms with E-state index < -0.39 is 5.82 Å². The predicted molar refractivity (Wildman–Crippen MR) is 72.7 cm³/mol. The Kier molecular flexibility index (Phi) is 4.40. The second-order valence-electron chi connectivity index (χ2n) is 3.83. The zero-order valence-electron chi connectivity index (χ0n) is 9.70. The minimum atomic E-state index is -0.461. The van der Waals surface area contributed by atoms with Crippen LogP contribution in [0.1, 0.15) is 10.4 Å². The van der Waals surface area contributed by atoms with E-state index >= 15 is 0 Å². The molecule has 19 heavy (non-hydrogen) atoms. The molecule has 2 aromatic rings. The van der Waals surface area contributed by atoms with Crippen LogP contribution in [0.3, 0.4) is 0 Å². The van der Waals surface area contributed by atoms with Gasteiger partial charge in [-0.15, -0.1) is 0 Å². The summed E-state index contributed by atoms with van der Waals surface area (Å²) in [5.74, 6) is -0.394. The van der Waals surface area contributed by atoms with Crippen LogP contribution in [0.25, 0.3) is 0 Å². The largest absolute Gasteiger partial charge is 0.485 e. The van der Waals surface area contributed by atoms with Gasteiger partial charge in [0.15, 0.2) is 12.4 Å². The smallest absolute Gasteiger partial charge is 0.200 e. The number of carbonyl (C=O) groups excluding carboxylic acids is 1. The Labute approximate surface area is 119 Å². The number of benzene rings is 2. The molecular weight excluding hydrogens is 290 g/mol. The first-order valence-corrected chi connectivity index (χ1v) is 6.18. The van der Waals surface area contributed by atoms with E-state index in [0.717, 1.165) is 6.07 Å². The molecule has 0 saturated carbocycles. The zero-order valence-corrected chi connectivity index (χ0v) is 11.2. The fourth-order valence-corrected chi connectivity index (χ4v) is 2.01. The van der Waals surface area contributed by atoms with Crippen molar-refractivity contribution in [2.75, 3.05) is 6.61 Å². The maximum Gasteiger partial charge on any atom is 0.200 e. The van der Waals surface area contributed by atoms with Crippen LogP contribution in [0.5, 0.6) is 5.75 Å². The van der Waals surface area contributed by atoms with Crippen LogP contribution in [-0.4, -0.2) is 12.4 Å². The van der Waals surface area contributed by atoms with Crippen LogP contribution >= 0.6 is 23.2 Å². The molecule has 0 aliphatic heterocycles. The highest BCUT2D eigenvalue weighted by molar-refractivity contribution is 6.34. The molecule has 2 aromatic carbocycles. The van der Waals surface area contributed by atoms with Gasteiger partial charge in [-0.3, -0.25) is 4.79 Å². The molecule has 0 aromatic heterocycles. The average Bonchev–Trinajstić information content (AvgIpc) is 2.35. The van der Waals surface area contributed by atoms with Crippen LogP contribution in [0, 0.1) is 5.82 Å². The summed E-state index contributed by atoms with van der Waals surface area (Å²) in [5, 5.41) is 0.835. The molecule has 0 aliphatic rings. The number of hydrogen-bond donors (Lipinski definition) is 0. The molecule has 0 saturated heterocycles. The Bertz CT molecular complexity index is 594. The summed E-state index contributed by atoms with van der Waals surface area (Å²) < 4.78 is 18.3. The summed E-state index contributed by atoms with van der Waals surface area (Å²) >= 11 is 11.6. The van der Waals surface area contributed by atoms with Gasteiger partial charge in [0.2, 0.25) is 0 Å². The summed E-state index contributed by atoms with van der Waals surface area (Å²) in [5.41, 5.74) is 0.258. The van der Waals surface area contributed by atoms with E-state index in [1.165, 1.54) is 18.2 Å². The number of rotatable bonds is 4. The van der Waals surface area contributed by atoms with Crippen LogP contribution in [0.4, 0.5) is 4.39 Å². The van der Waals surface area contributed by atoms with Gasteiger partial charge in [0.25, 0.3) is 0 Å². The minimum Gasteiger partial charge on any atom is -0.485 e. The lowest BCUT2D eigenvalue weighted by atomic mass is 10.1. The van der Waals surface area contributed by atoms with Crippen molar-refractivity contribution < 1.29 is 13.9 Å². The monoisotopic (exact) mass is 298 g/mol. The first kappa shape index (κ1) is 13.8. The van der Waals surface area contributed by atoms with Crippen molar-refractivity contribution >= 4 is 29.0 Å². The Hall–Kier alpha value is -1.58. The maximum atomic E-state index is 13.0. The highest BCUT2D eigenvalue weighted by Crippen LogP contribution is 2.24. The highest BCUT2D eigenvalue weighted by Gasteiger charge is 2.08. The average molecular weight is 299 g/mol. The van der Waals surface area contributed by atoms with Crippen molar-refractivity contribution in [3.63, 3.8) is 0 Å². The molecule has 0 bridgehead atoms. The molecular formula is C14H9Cl2FO2. The standard InChI is InChI=1S/C14H9Cl2FO2/c15-10-5-11(16)7-13(6-10)19-8-14(18)9-2-1-3-12(17)4-9/h1-7H,8H2. The SMILES string of the molecule is O=C(COc1cc(Cl)cc(Cl)c1)c1cccc(F)c1. The second kappa shape index (κ2) is 6.04. The summed E-state index contributed by atoms with van der Waals surface area (Å²) in [4.78, 5) is 11.8. The van der Waals surface area contributed by atoms with Gasteiger partial charge in [-0.25, -0.2) is 4.39 Å². The Morgan fingerprint density at radius 3 is 2.42 bits per heavy atom. The van der Waals surface area contributed by atoms with E-state index in [1.807, 2.05) is 0 Å². The van der Waals surface area contributed by atoms with E-state index in [9.17, 15) is 9.18 Å². The molecule has 0 unspecified atom stereocenters. The minimum absolute atomic E-state index is 0.208. The Morgan fingerprint density at radius 1 is 1.11 bits per heavy atom. The van der Waals surface area contributed by atoms with Gasteiger partial charge in [0.05, 0.1) is 0 Å². The van der Waals surface area contributed by atoms with Crippen molar-refractivity contribution in [2.45, 2.75) is 0 Å². The fraction of sp³-hybridized carbons (Fsp3) is 0.0714. The van der Waals surface area contributed by atoms with E-state index in [1.54, 1.807) is 18.2 Å². The van der Waals surface area contributed by atoms with E-state index in [-0.39, 0.29) is 18.0 Å². The number of carbonyl (C=O) groups is 1. The third-order valence-corrected chi connectivity index (χ3v) is 2.79. The molecule has 0 radical (unpaired) electrons. The lowest BCUT2D eigenvalue weighted by Crippen LogP contribution is -2.11. The van der Waals surface area contributed by atoms with Gasteiger partial charge >= 0.3 is 0 Å². The van der Waals surface area contributed by atoms with Crippen LogP contribution < -0.4 is 4.74 Å². The predicted octanol–water partition coefficient (Wildman–Crippen LogP) is 4.39. The Morgan fingerprint density at radius 2 is 1.79 bits per heavy atom. The van der Waals surface area contributed by atoms with Gasteiger partial charge in [-0.2, -0.15) is 0 Å². The normalized spacial score (nSPS) is 10.3. The molecule has 0 fully saturated rings. The first-order valence-electron chi connectivity index (χ1n) is 5.42. The van der Waals surface area contributed by atoms with Gasteiger partial charge in [0, 0.05) is 15.6 Å². The van der Waals surface area contributed by atoms with Crippen molar-refractivity contribution in [1.29, 1.82) is 0 Å². The number of ether oxygens (including phenoxy) is 1. The lowest BCUT2D eigenvalue weighted by Gasteiger charge is -2.06. The second-order valence-corrected chi connectivity index (χ2v) is 4.70. The molecule has 2 rings (SSSR count). The van der Waals surface area contributed by atoms with Crippen LogP contribution in [0.15, 0.2) is 42.5 Å². The first-order chi connectivity index (χ1) is 9.04. The van der Waals surface area contributed by atoms with Gasteiger partial charge in [-0.05, 0) is 30.3 Å². The van der Waals surface area contributed by atoms with Gasteiger partial charge in [0.1, 0.15) is 11.6 Å². The van der Waals surface area contributed by atoms with Gasteiger partial charge in [-0.1, -0.05) is 35.3 Å². The van der Waals surface area contributed by atoms with Gasteiger partial charge < -0.3 is 4.74 Å². The van der Waals surface area contributed by atoms with E-state index in [2.05, 4.69) is 0 Å². The molecule has 0 amide bonds. The summed E-state index contributed by atoms with van der Waals surface area (Å²) in [6.07, 6.45) is 0. The van der Waals surface area contributed by atoms with Crippen molar-refractivity contribution in [2.24, 2.45) is 0 Å². The fourth-order valence-electron chi connectivity index (χ4n) is 1.51. The molecule has 5 heteroatoms. The molecule has 0 spiro atoms. The molecule has 0 atom stereocenters. The third kappa shape index (κ3) is 3.94. The van der Waals surface area contributed by atoms with Crippen molar-refractivity contribution in [1.82, 2.24) is 0 Å². The molecule has 2 nitrogen and oxygen atoms in total. The molecule has 0 aliphatic carbocycles. The van der Waals surface area contributed by atoms with Crippen molar-refractivity contribution in [3.05, 3.63) is 63.9 Å². The number of ketones is 1. The molecule has 0 N–H and O–H groups in total. The topological polar surface area (TPSA) is 26.3 Å². The quantitative estimate of drug-likeness (QED) is 0.782. The van der Waals surface area contributed by atoms with E-state index in [0.29, 0.717) is 15.8 Å². The number of Topliss-reactive ketones (excluding diaryl/α,β-unsaturated/α-hetero) is 1. The number of halogens is 3. The maximum absolute atomic E-state index is 13.0.